The Hall–Kier alpha value is -3.59. The SMILES string of the molecule is CC/C=C\C/C=C\C/C=C\C/C=C\C/C=C\C/C=C\C/C=C\CCCCCC(=O)OC(COC(=O)CCCCCCCCC/C=C\C/C=C\C/C=C\CC)COP(=O)([O-])OCC[N+](C)(C)C. The maximum atomic E-state index is 12.7. The zero-order chi connectivity index (χ0) is 48.5. The van der Waals surface area contributed by atoms with Gasteiger partial charge in [-0.2, -0.15) is 0 Å². The second-order valence-corrected chi connectivity index (χ2v) is 18.8. The molecule has 0 amide bonds. The van der Waals surface area contributed by atoms with Crippen molar-refractivity contribution in [3.05, 3.63) is 122 Å². The van der Waals surface area contributed by atoms with Crippen molar-refractivity contribution in [2.75, 3.05) is 47.5 Å². The summed E-state index contributed by atoms with van der Waals surface area (Å²) in [5, 5.41) is 0. The van der Waals surface area contributed by atoms with E-state index in [1.54, 1.807) is 0 Å². The van der Waals surface area contributed by atoms with Gasteiger partial charge in [0, 0.05) is 12.8 Å². The molecule has 0 spiro atoms. The largest absolute Gasteiger partial charge is 0.756 e. The van der Waals surface area contributed by atoms with Crippen LogP contribution in [0.25, 0.3) is 0 Å². The Labute approximate surface area is 403 Å². The minimum atomic E-state index is -4.65. The van der Waals surface area contributed by atoms with Gasteiger partial charge >= 0.3 is 11.9 Å². The van der Waals surface area contributed by atoms with Crippen molar-refractivity contribution in [2.24, 2.45) is 0 Å². The van der Waals surface area contributed by atoms with E-state index >= 15 is 0 Å². The Kier molecular flexibility index (Phi) is 44.0. The van der Waals surface area contributed by atoms with Crippen LogP contribution in [0.15, 0.2) is 122 Å². The second-order valence-electron chi connectivity index (χ2n) is 17.4. The van der Waals surface area contributed by atoms with Gasteiger partial charge in [0.1, 0.15) is 19.8 Å². The van der Waals surface area contributed by atoms with Crippen molar-refractivity contribution >= 4 is 19.8 Å². The van der Waals surface area contributed by atoms with Crippen LogP contribution in [0.2, 0.25) is 0 Å². The number of unbranched alkanes of at least 4 members (excludes halogenated alkanes) is 10. The Morgan fingerprint density at radius 2 is 0.818 bits per heavy atom. The highest BCUT2D eigenvalue weighted by Crippen LogP contribution is 2.38. The summed E-state index contributed by atoms with van der Waals surface area (Å²) in [6.45, 7) is 3.93. The molecule has 2 atom stereocenters. The molecule has 10 heteroatoms. The summed E-state index contributed by atoms with van der Waals surface area (Å²) in [7, 11) is 1.11. The van der Waals surface area contributed by atoms with Crippen LogP contribution in [0.3, 0.4) is 0 Å². The number of rotatable bonds is 44. The minimum absolute atomic E-state index is 0.0471. The number of phosphoric acid groups is 1. The molecular formula is C56H92NO8P. The molecule has 0 saturated carbocycles. The Balaban J connectivity index is 4.39. The van der Waals surface area contributed by atoms with Gasteiger partial charge in [-0.3, -0.25) is 14.2 Å². The minimum Gasteiger partial charge on any atom is -0.756 e. The summed E-state index contributed by atoms with van der Waals surface area (Å²) in [4.78, 5) is 37.7. The molecule has 0 saturated heterocycles. The average Bonchev–Trinajstić information content (AvgIpc) is 3.27. The van der Waals surface area contributed by atoms with Crippen LogP contribution in [-0.2, 0) is 32.7 Å². The van der Waals surface area contributed by atoms with E-state index in [2.05, 4.69) is 135 Å². The van der Waals surface area contributed by atoms with E-state index < -0.39 is 32.5 Å². The zero-order valence-electron chi connectivity index (χ0n) is 42.1. The topological polar surface area (TPSA) is 111 Å². The molecule has 0 bridgehead atoms. The lowest BCUT2D eigenvalue weighted by molar-refractivity contribution is -0.870. The number of hydrogen-bond donors (Lipinski definition) is 0. The summed E-state index contributed by atoms with van der Waals surface area (Å²) in [5.74, 6) is -0.896. The molecular weight excluding hydrogens is 846 g/mol. The molecule has 2 unspecified atom stereocenters. The molecule has 374 valence electrons. The van der Waals surface area contributed by atoms with Crippen LogP contribution >= 0.6 is 7.82 Å². The van der Waals surface area contributed by atoms with E-state index in [4.69, 9.17) is 18.5 Å². The predicted octanol–water partition coefficient (Wildman–Crippen LogP) is 14.6. The predicted molar refractivity (Wildman–Crippen MR) is 277 cm³/mol. The van der Waals surface area contributed by atoms with Gasteiger partial charge in [0.2, 0.25) is 0 Å². The molecule has 0 radical (unpaired) electrons. The molecule has 66 heavy (non-hydrogen) atoms. The molecule has 0 aliphatic heterocycles. The number of likely N-dealkylation sites (N-methyl/N-ethyl adjacent to an activating group) is 1. The number of esters is 2. The van der Waals surface area contributed by atoms with Gasteiger partial charge in [0.15, 0.2) is 6.10 Å². The lowest BCUT2D eigenvalue weighted by Crippen LogP contribution is -2.37. The monoisotopic (exact) mass is 938 g/mol. The molecule has 0 aromatic rings. The first kappa shape index (κ1) is 62.4. The third-order valence-electron chi connectivity index (χ3n) is 9.98. The fourth-order valence-electron chi connectivity index (χ4n) is 6.12. The number of quaternary nitrogens is 1. The van der Waals surface area contributed by atoms with E-state index in [0.29, 0.717) is 23.9 Å². The first-order valence-corrected chi connectivity index (χ1v) is 26.7. The van der Waals surface area contributed by atoms with Crippen LogP contribution < -0.4 is 4.89 Å². The summed E-state index contributed by atoms with van der Waals surface area (Å²) < 4.78 is 34.0. The molecule has 0 aromatic carbocycles. The van der Waals surface area contributed by atoms with Crippen molar-refractivity contribution in [3.63, 3.8) is 0 Å². The molecule has 0 aromatic heterocycles. The van der Waals surface area contributed by atoms with Gasteiger partial charge in [0.05, 0.1) is 27.7 Å². The molecule has 0 N–H and O–H groups in total. The third-order valence-corrected chi connectivity index (χ3v) is 10.9. The summed E-state index contributed by atoms with van der Waals surface area (Å²) >= 11 is 0. The van der Waals surface area contributed by atoms with Crippen LogP contribution in [0, 0.1) is 0 Å². The first-order chi connectivity index (χ1) is 32.0. The number of carbonyl (C=O) groups excluding carboxylic acids is 2. The number of ether oxygens (including phenoxy) is 2. The van der Waals surface area contributed by atoms with E-state index in [9.17, 15) is 19.0 Å². The van der Waals surface area contributed by atoms with Gasteiger partial charge < -0.3 is 27.9 Å². The standard InChI is InChI=1S/C56H92NO8P/c1-6-8-10-12-14-16-18-20-22-24-25-26-27-28-29-30-31-33-35-37-39-41-43-45-47-49-56(59)65-54(53-64-66(60,61)63-51-50-57(3,4)5)52-62-55(58)48-46-44-42-40-38-36-34-32-23-21-19-17-15-13-11-9-7-2/h8-11,14-17,20-23,25-26,28-29,31,33,37,39,54H,6-7,12-13,18-19,24,27,30,32,34-36,38,40-53H2,1-5H3/b10-8-,11-9-,16-14-,17-15-,22-20-,23-21-,26-25-,29-28-,33-31-,39-37-. The molecule has 0 heterocycles. The maximum absolute atomic E-state index is 12.7. The van der Waals surface area contributed by atoms with Crippen LogP contribution in [0.5, 0.6) is 0 Å². The number of hydrogen-bond acceptors (Lipinski definition) is 8. The highest BCUT2D eigenvalue weighted by Gasteiger charge is 2.21. The van der Waals surface area contributed by atoms with Crippen LogP contribution in [0.1, 0.15) is 168 Å². The fraction of sp³-hybridized carbons (Fsp3) is 0.607. The van der Waals surface area contributed by atoms with Crippen molar-refractivity contribution < 1.29 is 42.1 Å². The van der Waals surface area contributed by atoms with Crippen LogP contribution in [-0.4, -0.2) is 70.0 Å². The molecule has 0 aliphatic carbocycles. The van der Waals surface area contributed by atoms with Gasteiger partial charge in [-0.05, 0) is 103 Å². The fourth-order valence-corrected chi connectivity index (χ4v) is 6.85. The van der Waals surface area contributed by atoms with Gasteiger partial charge in [-0.1, -0.05) is 174 Å². The normalized spacial score (nSPS) is 14.5. The molecule has 9 nitrogen and oxygen atoms in total. The van der Waals surface area contributed by atoms with E-state index in [1.807, 2.05) is 21.1 Å². The number of carbonyl (C=O) groups is 2. The average molecular weight is 938 g/mol. The molecule has 0 aliphatic rings. The van der Waals surface area contributed by atoms with Crippen molar-refractivity contribution in [2.45, 2.75) is 174 Å². The van der Waals surface area contributed by atoms with Gasteiger partial charge in [0.25, 0.3) is 7.82 Å². The summed E-state index contributed by atoms with van der Waals surface area (Å²) in [6, 6.07) is 0. The summed E-state index contributed by atoms with van der Waals surface area (Å²) in [6.07, 6.45) is 65.1. The lowest BCUT2D eigenvalue weighted by Gasteiger charge is -2.28. The highest BCUT2D eigenvalue weighted by atomic mass is 31.2. The van der Waals surface area contributed by atoms with E-state index in [-0.39, 0.29) is 26.1 Å². The molecule has 0 rings (SSSR count). The van der Waals surface area contributed by atoms with E-state index in [1.165, 1.54) is 19.3 Å². The van der Waals surface area contributed by atoms with Gasteiger partial charge in [-0.25, -0.2) is 0 Å². The highest BCUT2D eigenvalue weighted by molar-refractivity contribution is 7.45. The Bertz CT molecular complexity index is 1530. The first-order valence-electron chi connectivity index (χ1n) is 25.2. The van der Waals surface area contributed by atoms with E-state index in [0.717, 1.165) is 109 Å². The third kappa shape index (κ3) is 49.8. The van der Waals surface area contributed by atoms with Crippen molar-refractivity contribution in [1.82, 2.24) is 0 Å². The number of phosphoric ester groups is 1. The Morgan fingerprint density at radius 1 is 0.470 bits per heavy atom. The van der Waals surface area contributed by atoms with Crippen molar-refractivity contribution in [1.29, 1.82) is 0 Å². The number of nitrogens with zero attached hydrogens (tertiary/aromatic N) is 1. The smallest absolute Gasteiger partial charge is 0.306 e. The quantitative estimate of drug-likeness (QED) is 0.0195. The second kappa shape index (κ2) is 46.5. The van der Waals surface area contributed by atoms with Crippen molar-refractivity contribution in [3.8, 4) is 0 Å². The number of allylic oxidation sites excluding steroid dienone is 20. The van der Waals surface area contributed by atoms with Crippen LogP contribution in [0.4, 0.5) is 0 Å². The zero-order valence-corrected chi connectivity index (χ0v) is 43.0. The van der Waals surface area contributed by atoms with Gasteiger partial charge in [-0.15, -0.1) is 0 Å². The summed E-state index contributed by atoms with van der Waals surface area (Å²) in [5.41, 5.74) is 0. The molecule has 0 fully saturated rings. The lowest BCUT2D eigenvalue weighted by atomic mass is 10.1. The Morgan fingerprint density at radius 3 is 1.23 bits per heavy atom. The maximum Gasteiger partial charge on any atom is 0.306 e.